The molecule has 0 saturated carbocycles. The topological polar surface area (TPSA) is 143 Å². The Morgan fingerprint density at radius 3 is 2.40 bits per heavy atom. The highest BCUT2D eigenvalue weighted by atomic mass is 19.1. The van der Waals surface area contributed by atoms with Gasteiger partial charge in [-0.15, -0.1) is 0 Å². The Balaban J connectivity index is 1.81. The van der Waals surface area contributed by atoms with Gasteiger partial charge in [-0.25, -0.2) is 14.0 Å². The summed E-state index contributed by atoms with van der Waals surface area (Å²) in [5.74, 6) is -3.09. The van der Waals surface area contributed by atoms with Gasteiger partial charge < -0.3 is 26.0 Å². The molecular weight excluding hydrogens is 579 g/mol. The Kier molecular flexibility index (Phi) is 13.7. The van der Waals surface area contributed by atoms with Gasteiger partial charge in [-0.1, -0.05) is 74.9 Å². The van der Waals surface area contributed by atoms with Crippen molar-refractivity contribution in [1.29, 1.82) is 0 Å². The van der Waals surface area contributed by atoms with Gasteiger partial charge in [0.2, 0.25) is 11.8 Å². The van der Waals surface area contributed by atoms with Crippen molar-refractivity contribution in [3.05, 3.63) is 83.7 Å². The summed E-state index contributed by atoms with van der Waals surface area (Å²) in [4.78, 5) is 64.9. The van der Waals surface area contributed by atoms with E-state index < -0.39 is 47.8 Å². The van der Waals surface area contributed by atoms with Crippen molar-refractivity contribution in [3.63, 3.8) is 0 Å². The van der Waals surface area contributed by atoms with Gasteiger partial charge in [0.1, 0.15) is 11.9 Å². The van der Waals surface area contributed by atoms with E-state index in [1.165, 1.54) is 25.3 Å². The summed E-state index contributed by atoms with van der Waals surface area (Å²) in [5, 5.41) is 11.0. The van der Waals surface area contributed by atoms with Crippen molar-refractivity contribution in [3.8, 4) is 0 Å². The lowest BCUT2D eigenvalue weighted by molar-refractivity contribution is -0.144. The Hall–Kier alpha value is -4.54. The average Bonchev–Trinajstić information content (AvgIpc) is 3.01. The zero-order valence-electron chi connectivity index (χ0n) is 26.0. The normalized spacial score (nSPS) is 19.5. The Morgan fingerprint density at radius 1 is 1.00 bits per heavy atom. The number of benzene rings is 2. The van der Waals surface area contributed by atoms with Crippen LogP contribution in [0.4, 0.5) is 9.18 Å². The SMILES string of the molecule is COC(=O)[C@@H](NC(=O)N[C@@H](Cc1ccccc1)C(=O)CC1CCCCNC(=O)/C=C/[C@H](Cc2ccccc2F)NC1=O)C(C)C. The van der Waals surface area contributed by atoms with Gasteiger partial charge in [-0.2, -0.15) is 0 Å². The number of esters is 1. The van der Waals surface area contributed by atoms with Gasteiger partial charge in [0, 0.05) is 25.0 Å². The fourth-order valence-corrected chi connectivity index (χ4v) is 5.13. The van der Waals surface area contributed by atoms with Crippen molar-refractivity contribution in [2.75, 3.05) is 13.7 Å². The zero-order chi connectivity index (χ0) is 32.8. The highest BCUT2D eigenvalue weighted by Crippen LogP contribution is 2.19. The summed E-state index contributed by atoms with van der Waals surface area (Å²) in [6, 6.07) is 12.1. The molecule has 4 atom stereocenters. The van der Waals surface area contributed by atoms with Crippen LogP contribution in [0.5, 0.6) is 0 Å². The van der Waals surface area contributed by atoms with Crippen LogP contribution in [0, 0.1) is 17.7 Å². The van der Waals surface area contributed by atoms with E-state index in [0.29, 0.717) is 31.4 Å². The molecule has 0 radical (unpaired) electrons. The van der Waals surface area contributed by atoms with E-state index in [-0.39, 0.29) is 36.9 Å². The van der Waals surface area contributed by atoms with E-state index in [1.54, 1.807) is 32.0 Å². The molecule has 242 valence electrons. The number of hydrogen-bond donors (Lipinski definition) is 4. The van der Waals surface area contributed by atoms with Crippen molar-refractivity contribution in [2.45, 2.75) is 70.5 Å². The number of carbonyl (C=O) groups excluding carboxylic acids is 5. The highest BCUT2D eigenvalue weighted by molar-refractivity contribution is 5.93. The van der Waals surface area contributed by atoms with Gasteiger partial charge in [0.05, 0.1) is 19.2 Å². The second-order valence-electron chi connectivity index (χ2n) is 11.5. The fraction of sp³-hybridized carbons (Fsp3) is 0.441. The second-order valence-corrected chi connectivity index (χ2v) is 11.5. The van der Waals surface area contributed by atoms with Crippen LogP contribution in [0.3, 0.4) is 0 Å². The molecule has 3 rings (SSSR count). The number of Topliss-reactive ketones (excluding diaryl/α,β-unsaturated/α-hetero) is 1. The smallest absolute Gasteiger partial charge is 0.328 e. The molecule has 4 amide bonds. The third-order valence-corrected chi connectivity index (χ3v) is 7.69. The van der Waals surface area contributed by atoms with Crippen LogP contribution in [0.15, 0.2) is 66.7 Å². The van der Waals surface area contributed by atoms with Gasteiger partial charge in [0.15, 0.2) is 5.78 Å². The van der Waals surface area contributed by atoms with Crippen LogP contribution < -0.4 is 21.3 Å². The standard InChI is InChI=1S/C34H43FN4O6/c1-22(2)31(33(43)45-3)39-34(44)38-28(19-23-11-5-4-6-12-23)29(40)21-25-14-9-10-18-36-30(41)17-16-26(37-32(25)42)20-24-13-7-8-15-27(24)35/h4-8,11-13,15-17,22,25-26,28,31H,9-10,14,18-21H2,1-3H3,(H,36,41)(H,37,42)(H2,38,39,44)/b17-16+/t25?,26-,28+,31+/m1/s1. The number of urea groups is 1. The number of hydrogen-bond acceptors (Lipinski definition) is 6. The molecule has 1 aliphatic rings. The molecule has 1 heterocycles. The molecule has 2 aromatic carbocycles. The minimum atomic E-state index is -0.986. The lowest BCUT2D eigenvalue weighted by Gasteiger charge is -2.25. The van der Waals surface area contributed by atoms with E-state index in [4.69, 9.17) is 4.74 Å². The number of halogens is 1. The van der Waals surface area contributed by atoms with Crippen molar-refractivity contribution in [1.82, 2.24) is 21.3 Å². The van der Waals surface area contributed by atoms with Gasteiger partial charge >= 0.3 is 12.0 Å². The molecule has 45 heavy (non-hydrogen) atoms. The Bertz CT molecular complexity index is 1350. The van der Waals surface area contributed by atoms with Crippen molar-refractivity contribution in [2.24, 2.45) is 11.8 Å². The van der Waals surface area contributed by atoms with Crippen LogP contribution >= 0.6 is 0 Å². The molecule has 0 aromatic heterocycles. The summed E-state index contributed by atoms with van der Waals surface area (Å²) in [6.07, 6.45) is 4.52. The van der Waals surface area contributed by atoms with Gasteiger partial charge in [-0.05, 0) is 48.8 Å². The van der Waals surface area contributed by atoms with Gasteiger partial charge in [-0.3, -0.25) is 14.4 Å². The van der Waals surface area contributed by atoms with Crippen LogP contribution in [-0.2, 0) is 36.8 Å². The monoisotopic (exact) mass is 622 g/mol. The molecule has 10 nitrogen and oxygen atoms in total. The first kappa shape index (κ1) is 34.9. The number of rotatable bonds is 11. The Morgan fingerprint density at radius 2 is 1.71 bits per heavy atom. The first-order valence-corrected chi connectivity index (χ1v) is 15.3. The van der Waals surface area contributed by atoms with Crippen LogP contribution in [0.25, 0.3) is 0 Å². The van der Waals surface area contributed by atoms with E-state index >= 15 is 0 Å². The zero-order valence-corrected chi connectivity index (χ0v) is 26.0. The number of ether oxygens (including phenoxy) is 1. The number of carbonyl (C=O) groups is 5. The van der Waals surface area contributed by atoms with E-state index in [2.05, 4.69) is 21.3 Å². The molecule has 0 aliphatic carbocycles. The molecule has 0 bridgehead atoms. The predicted octanol–water partition coefficient (Wildman–Crippen LogP) is 3.39. The minimum absolute atomic E-state index is 0.110. The molecule has 4 N–H and O–H groups in total. The third-order valence-electron chi connectivity index (χ3n) is 7.69. The number of amides is 4. The first-order chi connectivity index (χ1) is 21.6. The summed E-state index contributed by atoms with van der Waals surface area (Å²) >= 11 is 0. The van der Waals surface area contributed by atoms with Crippen LogP contribution in [0.2, 0.25) is 0 Å². The lowest BCUT2D eigenvalue weighted by atomic mass is 9.90. The second kappa shape index (κ2) is 17.7. The van der Waals surface area contributed by atoms with E-state index in [0.717, 1.165) is 5.56 Å². The average molecular weight is 623 g/mol. The van der Waals surface area contributed by atoms with Crippen LogP contribution in [-0.4, -0.2) is 61.4 Å². The molecular formula is C34H43FN4O6. The summed E-state index contributed by atoms with van der Waals surface area (Å²) in [6.45, 7) is 3.92. The molecule has 0 saturated heterocycles. The van der Waals surface area contributed by atoms with Crippen LogP contribution in [0.1, 0.15) is 50.7 Å². The maximum atomic E-state index is 14.4. The van der Waals surface area contributed by atoms with Gasteiger partial charge in [0.25, 0.3) is 0 Å². The van der Waals surface area contributed by atoms with E-state index in [9.17, 15) is 28.4 Å². The molecule has 0 spiro atoms. The first-order valence-electron chi connectivity index (χ1n) is 15.3. The fourth-order valence-electron chi connectivity index (χ4n) is 5.13. The number of ketones is 1. The molecule has 0 fully saturated rings. The predicted molar refractivity (Wildman–Crippen MR) is 167 cm³/mol. The van der Waals surface area contributed by atoms with Crippen molar-refractivity contribution < 1.29 is 33.1 Å². The minimum Gasteiger partial charge on any atom is -0.467 e. The molecule has 1 unspecified atom stereocenters. The highest BCUT2D eigenvalue weighted by Gasteiger charge is 2.31. The lowest BCUT2D eigenvalue weighted by Crippen LogP contribution is -2.53. The number of nitrogens with one attached hydrogen (secondary N) is 4. The number of methoxy groups -OCH3 is 1. The maximum Gasteiger partial charge on any atom is 0.328 e. The maximum absolute atomic E-state index is 14.4. The quantitative estimate of drug-likeness (QED) is 0.283. The third kappa shape index (κ3) is 11.5. The largest absolute Gasteiger partial charge is 0.467 e. The molecule has 2 aromatic rings. The molecule has 11 heteroatoms. The Labute approximate surface area is 263 Å². The van der Waals surface area contributed by atoms with Crippen molar-refractivity contribution >= 4 is 29.6 Å². The van der Waals surface area contributed by atoms with E-state index in [1.807, 2.05) is 30.3 Å². The molecule has 1 aliphatic heterocycles. The summed E-state index contributed by atoms with van der Waals surface area (Å²) in [5.41, 5.74) is 1.18. The summed E-state index contributed by atoms with van der Waals surface area (Å²) in [7, 11) is 1.23. The summed E-state index contributed by atoms with van der Waals surface area (Å²) < 4.78 is 19.3.